The Labute approximate surface area is 113 Å². The van der Waals surface area contributed by atoms with Gasteiger partial charge < -0.3 is 25.4 Å². The van der Waals surface area contributed by atoms with Crippen molar-refractivity contribution in [3.8, 4) is 0 Å². The second-order valence-corrected chi connectivity index (χ2v) is 5.69. The maximum Gasteiger partial charge on any atom is 0.348 e. The molecule has 20 heavy (non-hydrogen) atoms. The van der Waals surface area contributed by atoms with E-state index < -0.39 is 31.9 Å². The molecule has 0 bridgehead atoms. The van der Waals surface area contributed by atoms with E-state index in [1.807, 2.05) is 0 Å². The average Bonchev–Trinajstić information content (AvgIpc) is 2.91. The van der Waals surface area contributed by atoms with Gasteiger partial charge in [-0.05, 0) is 6.08 Å². The predicted molar refractivity (Wildman–Crippen MR) is 64.3 cm³/mol. The normalized spacial score (nSPS) is 27.2. The van der Waals surface area contributed by atoms with Gasteiger partial charge >= 0.3 is 7.60 Å². The van der Waals surface area contributed by atoms with Crippen molar-refractivity contribution in [2.75, 3.05) is 0 Å². The van der Waals surface area contributed by atoms with Crippen molar-refractivity contribution >= 4 is 13.5 Å². The fourth-order valence-corrected chi connectivity index (χ4v) is 2.18. The zero-order valence-corrected chi connectivity index (χ0v) is 11.0. The van der Waals surface area contributed by atoms with Gasteiger partial charge in [-0.3, -0.25) is 9.36 Å². The minimum atomic E-state index is -4.28. The number of rotatable bonds is 4. The number of ether oxygens (including phenoxy) is 1. The summed E-state index contributed by atoms with van der Waals surface area (Å²) in [5, 5.41) is 13.6. The summed E-state index contributed by atoms with van der Waals surface area (Å²) in [6.07, 6.45) is -0.0407. The first-order valence-corrected chi connectivity index (χ1v) is 7.23. The summed E-state index contributed by atoms with van der Waals surface area (Å²) in [7, 11) is -4.28. The van der Waals surface area contributed by atoms with Crippen molar-refractivity contribution in [2.45, 2.75) is 24.9 Å². The van der Waals surface area contributed by atoms with Crippen molar-refractivity contribution in [1.82, 2.24) is 14.8 Å². The average molecular weight is 304 g/mol. The van der Waals surface area contributed by atoms with Crippen molar-refractivity contribution in [1.29, 1.82) is 0 Å². The highest BCUT2D eigenvalue weighted by Gasteiger charge is 2.35. The molecule has 110 valence electrons. The third-order valence-electron chi connectivity index (χ3n) is 2.60. The molecule has 1 amide bonds. The SMILES string of the molecule is NC(=O)c1ncn(C2OC(C=CP(=O)(O)O)CC2O)n1. The number of hydrogen-bond donors (Lipinski definition) is 4. The van der Waals surface area contributed by atoms with E-state index in [1.165, 1.54) is 12.4 Å². The van der Waals surface area contributed by atoms with Gasteiger partial charge in [-0.1, -0.05) is 0 Å². The molecule has 2 rings (SSSR count). The van der Waals surface area contributed by atoms with E-state index in [-0.39, 0.29) is 12.2 Å². The van der Waals surface area contributed by atoms with E-state index in [9.17, 15) is 14.5 Å². The summed E-state index contributed by atoms with van der Waals surface area (Å²) in [6, 6.07) is 0. The Bertz CT molecular complexity index is 581. The number of carbonyl (C=O) groups excluding carboxylic acids is 1. The minimum Gasteiger partial charge on any atom is -0.388 e. The second kappa shape index (κ2) is 5.43. The molecule has 1 saturated heterocycles. The van der Waals surface area contributed by atoms with Crippen LogP contribution in [0.15, 0.2) is 18.2 Å². The first-order chi connectivity index (χ1) is 9.26. The van der Waals surface area contributed by atoms with Crippen LogP contribution < -0.4 is 5.73 Å². The second-order valence-electron chi connectivity index (χ2n) is 4.21. The molecule has 11 heteroatoms. The molecule has 5 N–H and O–H groups in total. The topological polar surface area (TPSA) is 161 Å². The van der Waals surface area contributed by atoms with Crippen LogP contribution in [0.2, 0.25) is 0 Å². The lowest BCUT2D eigenvalue weighted by Crippen LogP contribution is -2.21. The first-order valence-electron chi connectivity index (χ1n) is 5.55. The molecular weight excluding hydrogens is 291 g/mol. The van der Waals surface area contributed by atoms with Gasteiger partial charge in [0.05, 0.1) is 6.10 Å². The van der Waals surface area contributed by atoms with Crippen molar-refractivity contribution in [3.63, 3.8) is 0 Å². The maximum atomic E-state index is 10.9. The van der Waals surface area contributed by atoms with Crippen molar-refractivity contribution in [3.05, 3.63) is 24.0 Å². The number of nitrogens with two attached hydrogens (primary N) is 1. The number of aromatic nitrogens is 3. The van der Waals surface area contributed by atoms with Crippen LogP contribution in [0.5, 0.6) is 0 Å². The molecule has 1 aromatic heterocycles. The van der Waals surface area contributed by atoms with Gasteiger partial charge in [-0.2, -0.15) is 0 Å². The van der Waals surface area contributed by atoms with Crippen LogP contribution in [-0.4, -0.2) is 47.8 Å². The zero-order valence-electron chi connectivity index (χ0n) is 10.1. The van der Waals surface area contributed by atoms with E-state index >= 15 is 0 Å². The van der Waals surface area contributed by atoms with Crippen LogP contribution in [0.1, 0.15) is 23.3 Å². The van der Waals surface area contributed by atoms with Gasteiger partial charge in [-0.15, -0.1) is 5.10 Å². The van der Waals surface area contributed by atoms with Crippen molar-refractivity contribution in [2.24, 2.45) is 5.73 Å². The zero-order chi connectivity index (χ0) is 14.9. The van der Waals surface area contributed by atoms with E-state index in [1.54, 1.807) is 0 Å². The molecule has 1 aromatic rings. The number of nitrogens with zero attached hydrogens (tertiary/aromatic N) is 3. The van der Waals surface area contributed by atoms with Crippen molar-refractivity contribution < 1.29 is 29.0 Å². The molecule has 1 aliphatic rings. The number of aliphatic hydroxyl groups is 1. The molecule has 10 nitrogen and oxygen atoms in total. The summed E-state index contributed by atoms with van der Waals surface area (Å²) < 4.78 is 17.2. The quantitative estimate of drug-likeness (QED) is 0.500. The molecule has 0 aliphatic carbocycles. The number of hydrogen-bond acceptors (Lipinski definition) is 6. The summed E-state index contributed by atoms with van der Waals surface area (Å²) >= 11 is 0. The molecule has 0 aromatic carbocycles. The molecule has 0 spiro atoms. The third kappa shape index (κ3) is 3.50. The minimum absolute atomic E-state index is 0.132. The Hall–Kier alpha value is -1.58. The molecule has 1 fully saturated rings. The van der Waals surface area contributed by atoms with Crippen LogP contribution in [-0.2, 0) is 9.30 Å². The van der Waals surface area contributed by atoms with E-state index in [0.29, 0.717) is 5.82 Å². The Balaban J connectivity index is 2.09. The van der Waals surface area contributed by atoms with Gasteiger partial charge in [0.1, 0.15) is 12.4 Å². The smallest absolute Gasteiger partial charge is 0.348 e. The molecule has 2 heterocycles. The molecule has 0 radical (unpaired) electrons. The Morgan fingerprint density at radius 2 is 2.30 bits per heavy atom. The van der Waals surface area contributed by atoms with Crippen LogP contribution >= 0.6 is 7.60 Å². The Morgan fingerprint density at radius 1 is 1.60 bits per heavy atom. The highest BCUT2D eigenvalue weighted by Crippen LogP contribution is 2.38. The lowest BCUT2D eigenvalue weighted by atomic mass is 10.2. The highest BCUT2D eigenvalue weighted by atomic mass is 31.2. The Kier molecular flexibility index (Phi) is 4.02. The van der Waals surface area contributed by atoms with Gasteiger partial charge in [0, 0.05) is 12.2 Å². The third-order valence-corrected chi connectivity index (χ3v) is 3.16. The standard InChI is InChI=1S/C9H13N4O6P/c10-7(15)8-11-4-13(12-8)9-6(14)3-5(19-9)1-2-20(16,17)18/h1-2,4-6,9,14H,3H2,(H2,10,15)(H2,16,17,18). The largest absolute Gasteiger partial charge is 0.388 e. The van der Waals surface area contributed by atoms with Crippen LogP contribution in [0.3, 0.4) is 0 Å². The van der Waals surface area contributed by atoms with Crippen LogP contribution in [0.4, 0.5) is 0 Å². The van der Waals surface area contributed by atoms with Gasteiger partial charge in [0.2, 0.25) is 5.82 Å². The van der Waals surface area contributed by atoms with E-state index in [2.05, 4.69) is 10.1 Å². The summed E-state index contributed by atoms with van der Waals surface area (Å²) in [5.74, 6) is -0.313. The maximum absolute atomic E-state index is 10.9. The molecule has 1 aliphatic heterocycles. The number of carbonyl (C=O) groups is 1. The lowest BCUT2D eigenvalue weighted by Gasteiger charge is -2.13. The van der Waals surface area contributed by atoms with Crippen LogP contribution in [0.25, 0.3) is 0 Å². The summed E-state index contributed by atoms with van der Waals surface area (Å²) in [4.78, 5) is 32.0. The van der Waals surface area contributed by atoms with Crippen LogP contribution in [0, 0.1) is 0 Å². The van der Waals surface area contributed by atoms with E-state index in [4.69, 9.17) is 20.3 Å². The summed E-state index contributed by atoms with van der Waals surface area (Å²) in [6.45, 7) is 0. The summed E-state index contributed by atoms with van der Waals surface area (Å²) in [5.41, 5.74) is 5.00. The molecule has 3 atom stereocenters. The fraction of sp³-hybridized carbons (Fsp3) is 0.444. The van der Waals surface area contributed by atoms with E-state index in [0.717, 1.165) is 4.68 Å². The lowest BCUT2D eigenvalue weighted by molar-refractivity contribution is -0.0331. The molecular formula is C9H13N4O6P. The first kappa shape index (κ1) is 14.8. The molecule has 0 saturated carbocycles. The Morgan fingerprint density at radius 3 is 2.85 bits per heavy atom. The number of amides is 1. The molecule has 3 unspecified atom stereocenters. The van der Waals surface area contributed by atoms with Gasteiger partial charge in [0.25, 0.3) is 5.91 Å². The van der Waals surface area contributed by atoms with Gasteiger partial charge in [-0.25, -0.2) is 9.67 Å². The predicted octanol–water partition coefficient (Wildman–Crippen LogP) is -1.28. The number of primary amides is 1. The monoisotopic (exact) mass is 304 g/mol. The fourth-order valence-electron chi connectivity index (χ4n) is 1.76. The number of aliphatic hydroxyl groups excluding tert-OH is 1. The van der Waals surface area contributed by atoms with Gasteiger partial charge in [0.15, 0.2) is 6.23 Å². The highest BCUT2D eigenvalue weighted by molar-refractivity contribution is 7.55.